The van der Waals surface area contributed by atoms with Crippen LogP contribution in [-0.2, 0) is 10.0 Å². The van der Waals surface area contributed by atoms with Crippen LogP contribution in [0.15, 0.2) is 53.4 Å². The molecule has 0 aliphatic carbocycles. The lowest BCUT2D eigenvalue weighted by Crippen LogP contribution is -2.29. The van der Waals surface area contributed by atoms with Crippen LogP contribution in [0.1, 0.15) is 11.7 Å². The molecule has 0 bridgehead atoms. The Kier molecular flexibility index (Phi) is 4.66. The highest BCUT2D eigenvalue weighted by Crippen LogP contribution is 2.17. The van der Waals surface area contributed by atoms with Crippen LogP contribution in [0, 0.1) is 11.6 Å². The fourth-order valence-corrected chi connectivity index (χ4v) is 2.85. The summed E-state index contributed by atoms with van der Waals surface area (Å²) in [5.41, 5.74) is 0.528. The summed E-state index contributed by atoms with van der Waals surface area (Å²) < 4.78 is 52.2. The molecule has 4 nitrogen and oxygen atoms in total. The molecule has 2 rings (SSSR count). The quantitative estimate of drug-likeness (QED) is 0.887. The van der Waals surface area contributed by atoms with E-state index in [-0.39, 0.29) is 6.54 Å². The van der Waals surface area contributed by atoms with E-state index >= 15 is 0 Å². The van der Waals surface area contributed by atoms with Crippen LogP contribution in [0.2, 0.25) is 0 Å². The summed E-state index contributed by atoms with van der Waals surface area (Å²) in [4.78, 5) is -0.663. The molecule has 7 heteroatoms. The Morgan fingerprint density at radius 2 is 1.76 bits per heavy atom. The molecule has 0 aliphatic rings. The van der Waals surface area contributed by atoms with Gasteiger partial charge in [0, 0.05) is 12.6 Å². The summed E-state index contributed by atoms with van der Waals surface area (Å²) in [6.07, 6.45) is -1.07. The van der Waals surface area contributed by atoms with Gasteiger partial charge in [0.1, 0.15) is 16.5 Å². The van der Waals surface area contributed by atoms with E-state index in [9.17, 15) is 22.3 Å². The SMILES string of the molecule is O=S(=O)(NCC(O)c1ccccc1)c1ccc(F)cc1F. The summed E-state index contributed by atoms with van der Waals surface area (Å²) in [5, 5.41) is 9.86. The second-order valence-corrected chi connectivity index (χ2v) is 6.09. The van der Waals surface area contributed by atoms with Crippen molar-refractivity contribution in [2.45, 2.75) is 11.0 Å². The van der Waals surface area contributed by atoms with Gasteiger partial charge < -0.3 is 5.11 Å². The molecule has 0 radical (unpaired) electrons. The first-order chi connectivity index (χ1) is 9.90. The molecule has 0 heterocycles. The minimum Gasteiger partial charge on any atom is -0.387 e. The molecule has 0 saturated heterocycles. The zero-order valence-corrected chi connectivity index (χ0v) is 11.6. The van der Waals surface area contributed by atoms with Crippen molar-refractivity contribution in [3.05, 3.63) is 65.7 Å². The highest BCUT2D eigenvalue weighted by molar-refractivity contribution is 7.89. The summed E-state index contributed by atoms with van der Waals surface area (Å²) >= 11 is 0. The molecule has 21 heavy (non-hydrogen) atoms. The Morgan fingerprint density at radius 1 is 1.10 bits per heavy atom. The van der Waals surface area contributed by atoms with Crippen molar-refractivity contribution in [1.29, 1.82) is 0 Å². The Bertz CT molecular complexity index is 720. The molecule has 0 amide bonds. The Morgan fingerprint density at radius 3 is 2.38 bits per heavy atom. The van der Waals surface area contributed by atoms with Crippen LogP contribution < -0.4 is 4.72 Å². The third kappa shape index (κ3) is 3.84. The smallest absolute Gasteiger partial charge is 0.243 e. The second kappa shape index (κ2) is 6.30. The van der Waals surface area contributed by atoms with Crippen molar-refractivity contribution < 1.29 is 22.3 Å². The van der Waals surface area contributed by atoms with Crippen molar-refractivity contribution >= 4 is 10.0 Å². The van der Waals surface area contributed by atoms with Gasteiger partial charge in [0.15, 0.2) is 0 Å². The number of aliphatic hydroxyl groups excluding tert-OH is 1. The van der Waals surface area contributed by atoms with E-state index in [1.165, 1.54) is 0 Å². The van der Waals surface area contributed by atoms with Crippen molar-refractivity contribution in [3.8, 4) is 0 Å². The lowest BCUT2D eigenvalue weighted by atomic mass is 10.1. The molecule has 0 aliphatic heterocycles. The Labute approximate surface area is 121 Å². The van der Waals surface area contributed by atoms with Crippen LogP contribution in [0.5, 0.6) is 0 Å². The van der Waals surface area contributed by atoms with Gasteiger partial charge in [-0.15, -0.1) is 0 Å². The van der Waals surface area contributed by atoms with Crippen LogP contribution >= 0.6 is 0 Å². The summed E-state index contributed by atoms with van der Waals surface area (Å²) in [6.45, 7) is -0.316. The van der Waals surface area contributed by atoms with E-state index in [0.29, 0.717) is 11.6 Å². The van der Waals surface area contributed by atoms with E-state index in [1.54, 1.807) is 30.3 Å². The zero-order chi connectivity index (χ0) is 15.5. The molecule has 0 saturated carbocycles. The molecule has 2 N–H and O–H groups in total. The molecular weight excluding hydrogens is 300 g/mol. The van der Waals surface area contributed by atoms with E-state index in [0.717, 1.165) is 12.1 Å². The van der Waals surface area contributed by atoms with E-state index < -0.39 is 32.7 Å². The van der Waals surface area contributed by atoms with Gasteiger partial charge in [-0.2, -0.15) is 0 Å². The highest BCUT2D eigenvalue weighted by atomic mass is 32.2. The second-order valence-electron chi connectivity index (χ2n) is 4.35. The number of sulfonamides is 1. The third-order valence-corrected chi connectivity index (χ3v) is 4.29. The van der Waals surface area contributed by atoms with E-state index in [4.69, 9.17) is 0 Å². The van der Waals surface area contributed by atoms with Gasteiger partial charge in [-0.25, -0.2) is 21.9 Å². The molecule has 0 spiro atoms. The maximum Gasteiger partial charge on any atom is 0.243 e. The zero-order valence-electron chi connectivity index (χ0n) is 10.8. The van der Waals surface area contributed by atoms with Crippen molar-refractivity contribution in [1.82, 2.24) is 4.72 Å². The number of aliphatic hydroxyl groups is 1. The van der Waals surface area contributed by atoms with Crippen molar-refractivity contribution in [3.63, 3.8) is 0 Å². The van der Waals surface area contributed by atoms with Gasteiger partial charge in [-0.3, -0.25) is 0 Å². The molecule has 0 fully saturated rings. The lowest BCUT2D eigenvalue weighted by molar-refractivity contribution is 0.182. The average molecular weight is 313 g/mol. The van der Waals surface area contributed by atoms with E-state index in [1.807, 2.05) is 0 Å². The molecule has 0 aromatic heterocycles. The van der Waals surface area contributed by atoms with Crippen molar-refractivity contribution in [2.75, 3.05) is 6.54 Å². The molecule has 2 aromatic carbocycles. The molecule has 1 unspecified atom stereocenters. The van der Waals surface area contributed by atoms with Gasteiger partial charge in [0.05, 0.1) is 6.10 Å². The monoisotopic (exact) mass is 313 g/mol. The van der Waals surface area contributed by atoms with E-state index in [2.05, 4.69) is 4.72 Å². The summed E-state index contributed by atoms with van der Waals surface area (Å²) in [6, 6.07) is 10.6. The van der Waals surface area contributed by atoms with Gasteiger partial charge in [0.2, 0.25) is 10.0 Å². The number of benzene rings is 2. The fourth-order valence-electron chi connectivity index (χ4n) is 1.75. The number of hydrogen-bond acceptors (Lipinski definition) is 3. The standard InChI is InChI=1S/C14H13F2NO3S/c15-11-6-7-14(12(16)8-11)21(19,20)17-9-13(18)10-4-2-1-3-5-10/h1-8,13,17-18H,9H2. The topological polar surface area (TPSA) is 66.4 Å². The number of hydrogen-bond donors (Lipinski definition) is 2. The Balaban J connectivity index is 2.11. The fraction of sp³-hybridized carbons (Fsp3) is 0.143. The predicted octanol–water partition coefficient (Wildman–Crippen LogP) is 1.98. The number of rotatable bonds is 5. The van der Waals surface area contributed by atoms with Gasteiger partial charge in [0.25, 0.3) is 0 Å². The maximum atomic E-state index is 13.5. The Hall–Kier alpha value is -1.83. The summed E-state index contributed by atoms with van der Waals surface area (Å²) in [5.74, 6) is -2.05. The van der Waals surface area contributed by atoms with Crippen LogP contribution in [-0.4, -0.2) is 20.1 Å². The van der Waals surface area contributed by atoms with Crippen LogP contribution in [0.25, 0.3) is 0 Å². The molecule has 1 atom stereocenters. The van der Waals surface area contributed by atoms with Gasteiger partial charge in [-0.1, -0.05) is 30.3 Å². The maximum absolute atomic E-state index is 13.5. The van der Waals surface area contributed by atoms with Crippen LogP contribution in [0.4, 0.5) is 8.78 Å². The van der Waals surface area contributed by atoms with Gasteiger partial charge >= 0.3 is 0 Å². The number of nitrogens with one attached hydrogen (secondary N) is 1. The molecule has 112 valence electrons. The lowest BCUT2D eigenvalue weighted by Gasteiger charge is -2.13. The molecular formula is C14H13F2NO3S. The average Bonchev–Trinajstić information content (AvgIpc) is 2.45. The van der Waals surface area contributed by atoms with Crippen molar-refractivity contribution in [2.24, 2.45) is 0 Å². The summed E-state index contributed by atoms with van der Waals surface area (Å²) in [7, 11) is -4.16. The minimum atomic E-state index is -4.16. The first kappa shape index (κ1) is 15.6. The molecule has 2 aromatic rings. The van der Waals surface area contributed by atoms with Crippen LogP contribution in [0.3, 0.4) is 0 Å². The highest BCUT2D eigenvalue weighted by Gasteiger charge is 2.20. The largest absolute Gasteiger partial charge is 0.387 e. The first-order valence-electron chi connectivity index (χ1n) is 6.08. The van der Waals surface area contributed by atoms with Gasteiger partial charge in [-0.05, 0) is 17.7 Å². The number of halogens is 2. The first-order valence-corrected chi connectivity index (χ1v) is 7.56. The normalized spacial score (nSPS) is 13.1. The third-order valence-electron chi connectivity index (χ3n) is 2.83. The predicted molar refractivity (Wildman–Crippen MR) is 72.9 cm³/mol. The minimum absolute atomic E-state index is 0.316.